The maximum atomic E-state index is 11.7. The van der Waals surface area contributed by atoms with Gasteiger partial charge < -0.3 is 14.4 Å². The number of thiophene rings is 1. The molecule has 108 valence electrons. The van der Waals surface area contributed by atoms with E-state index in [0.717, 1.165) is 4.88 Å². The zero-order chi connectivity index (χ0) is 14.7. The number of aromatic nitrogens is 4. The van der Waals surface area contributed by atoms with E-state index < -0.39 is 0 Å². The molecule has 0 aliphatic carbocycles. The van der Waals surface area contributed by atoms with Crippen LogP contribution in [0.25, 0.3) is 10.7 Å². The summed E-state index contributed by atoms with van der Waals surface area (Å²) in [5.74, 6) is 1.39. The highest BCUT2D eigenvalue weighted by molar-refractivity contribution is 7.13. The van der Waals surface area contributed by atoms with Crippen molar-refractivity contribution in [3.8, 4) is 10.7 Å². The van der Waals surface area contributed by atoms with Crippen molar-refractivity contribution in [3.05, 3.63) is 35.1 Å². The first-order valence-corrected chi connectivity index (χ1v) is 7.01. The van der Waals surface area contributed by atoms with Crippen LogP contribution in [0, 0.1) is 6.92 Å². The molecule has 8 nitrogen and oxygen atoms in total. The van der Waals surface area contributed by atoms with Gasteiger partial charge in [-0.25, -0.2) is 0 Å². The monoisotopic (exact) mass is 305 g/mol. The average Bonchev–Trinajstić information content (AvgIpc) is 3.17. The fourth-order valence-electron chi connectivity index (χ4n) is 1.63. The molecule has 3 aromatic rings. The summed E-state index contributed by atoms with van der Waals surface area (Å²) in [6.45, 7) is 1.83. The van der Waals surface area contributed by atoms with E-state index in [4.69, 9.17) is 9.05 Å². The van der Waals surface area contributed by atoms with Gasteiger partial charge in [-0.05, 0) is 11.4 Å². The van der Waals surface area contributed by atoms with Gasteiger partial charge in [0.25, 0.3) is 0 Å². The molecule has 0 unspecified atom stereocenters. The Kier molecular flexibility index (Phi) is 3.73. The summed E-state index contributed by atoms with van der Waals surface area (Å²) < 4.78 is 9.87. The molecule has 0 aromatic carbocycles. The van der Waals surface area contributed by atoms with Gasteiger partial charge in [0.05, 0.1) is 17.8 Å². The summed E-state index contributed by atoms with van der Waals surface area (Å²) >= 11 is 1.52. The Bertz CT molecular complexity index is 734. The molecule has 0 aliphatic rings. The molecule has 0 saturated carbocycles. The first-order chi connectivity index (χ1) is 10.2. The molecule has 0 saturated heterocycles. The highest BCUT2D eigenvalue weighted by Crippen LogP contribution is 2.21. The van der Waals surface area contributed by atoms with Crippen LogP contribution in [0.3, 0.4) is 0 Å². The first-order valence-electron chi connectivity index (χ1n) is 6.13. The molecule has 0 fully saturated rings. The third kappa shape index (κ3) is 3.31. The lowest BCUT2D eigenvalue weighted by molar-refractivity contribution is -0.120. The van der Waals surface area contributed by atoms with Gasteiger partial charge in [-0.1, -0.05) is 16.4 Å². The third-order valence-electron chi connectivity index (χ3n) is 2.53. The predicted molar refractivity (Wildman–Crippen MR) is 72.2 cm³/mol. The number of aryl methyl sites for hydroxylation is 1. The maximum absolute atomic E-state index is 11.7. The van der Waals surface area contributed by atoms with Crippen LogP contribution in [0.4, 0.5) is 0 Å². The number of hydrogen-bond acceptors (Lipinski definition) is 8. The quantitative estimate of drug-likeness (QED) is 0.758. The summed E-state index contributed by atoms with van der Waals surface area (Å²) in [6.07, 6.45) is 0.0449. The summed E-state index contributed by atoms with van der Waals surface area (Å²) in [5, 5.41) is 12.1. The van der Waals surface area contributed by atoms with Crippen molar-refractivity contribution in [3.63, 3.8) is 0 Å². The van der Waals surface area contributed by atoms with E-state index in [2.05, 4.69) is 25.6 Å². The molecule has 3 aromatic heterocycles. The van der Waals surface area contributed by atoms with Crippen LogP contribution in [0.1, 0.15) is 17.6 Å². The molecule has 21 heavy (non-hydrogen) atoms. The third-order valence-corrected chi connectivity index (χ3v) is 3.40. The molecule has 0 aliphatic heterocycles. The molecule has 3 rings (SSSR count). The minimum atomic E-state index is -0.244. The van der Waals surface area contributed by atoms with Gasteiger partial charge in [0.1, 0.15) is 0 Å². The van der Waals surface area contributed by atoms with Crippen LogP contribution >= 0.6 is 11.3 Å². The van der Waals surface area contributed by atoms with Crippen molar-refractivity contribution < 1.29 is 13.8 Å². The lowest BCUT2D eigenvalue weighted by atomic mass is 10.4. The molecule has 0 atom stereocenters. The van der Waals surface area contributed by atoms with E-state index in [1.807, 2.05) is 17.5 Å². The Hall–Kier alpha value is -2.55. The highest BCUT2D eigenvalue weighted by Gasteiger charge is 2.12. The van der Waals surface area contributed by atoms with Crippen molar-refractivity contribution >= 4 is 17.2 Å². The van der Waals surface area contributed by atoms with Gasteiger partial charge in [-0.15, -0.1) is 11.3 Å². The van der Waals surface area contributed by atoms with Crippen molar-refractivity contribution in [1.29, 1.82) is 0 Å². The second kappa shape index (κ2) is 5.83. The number of hydrogen-bond donors (Lipinski definition) is 1. The highest BCUT2D eigenvalue weighted by atomic mass is 32.1. The van der Waals surface area contributed by atoms with Crippen LogP contribution in [-0.4, -0.2) is 26.2 Å². The number of nitrogens with zero attached hydrogens (tertiary/aromatic N) is 4. The van der Waals surface area contributed by atoms with Gasteiger partial charge in [0.2, 0.25) is 23.5 Å². The second-order valence-corrected chi connectivity index (χ2v) is 5.12. The molecular weight excluding hydrogens is 294 g/mol. The normalized spacial score (nSPS) is 10.7. The van der Waals surface area contributed by atoms with E-state index in [0.29, 0.717) is 23.4 Å². The number of carbonyl (C=O) groups excluding carboxylic acids is 1. The fourth-order valence-corrected chi connectivity index (χ4v) is 2.28. The van der Waals surface area contributed by atoms with E-state index in [-0.39, 0.29) is 18.9 Å². The Balaban J connectivity index is 1.54. The second-order valence-electron chi connectivity index (χ2n) is 4.17. The van der Waals surface area contributed by atoms with Gasteiger partial charge in [-0.2, -0.15) is 9.97 Å². The Morgan fingerprint density at radius 3 is 2.95 bits per heavy atom. The lowest BCUT2D eigenvalue weighted by Crippen LogP contribution is -2.25. The van der Waals surface area contributed by atoms with Gasteiger partial charge in [-0.3, -0.25) is 4.79 Å². The minimum absolute atomic E-state index is 0.0449. The van der Waals surface area contributed by atoms with E-state index in [9.17, 15) is 4.79 Å². The molecule has 9 heteroatoms. The fraction of sp³-hybridized carbons (Fsp3) is 0.250. The van der Waals surface area contributed by atoms with Crippen LogP contribution < -0.4 is 5.32 Å². The van der Waals surface area contributed by atoms with Crippen LogP contribution in [0.5, 0.6) is 0 Å². The summed E-state index contributed by atoms with van der Waals surface area (Å²) in [5.41, 5.74) is 0. The molecule has 0 radical (unpaired) electrons. The molecular formula is C12H11N5O3S. The largest absolute Gasteiger partial charge is 0.347 e. The number of nitrogens with one attached hydrogen (secondary N) is 1. The Morgan fingerprint density at radius 1 is 1.33 bits per heavy atom. The minimum Gasteiger partial charge on any atom is -0.347 e. The summed E-state index contributed by atoms with van der Waals surface area (Å²) in [4.78, 5) is 20.8. The Morgan fingerprint density at radius 2 is 2.24 bits per heavy atom. The predicted octanol–water partition coefficient (Wildman–Crippen LogP) is 1.35. The molecule has 3 heterocycles. The molecule has 0 spiro atoms. The van der Waals surface area contributed by atoms with Crippen molar-refractivity contribution in [2.45, 2.75) is 19.9 Å². The number of rotatable bonds is 5. The smallest absolute Gasteiger partial charge is 0.246 e. The van der Waals surface area contributed by atoms with Crippen molar-refractivity contribution in [2.24, 2.45) is 0 Å². The summed E-state index contributed by atoms with van der Waals surface area (Å²) in [7, 11) is 0. The SMILES string of the molecule is Cc1nc(CC(=O)NCc2nc(-c3cccs3)no2)no1. The van der Waals surface area contributed by atoms with Gasteiger partial charge >= 0.3 is 0 Å². The summed E-state index contributed by atoms with van der Waals surface area (Å²) in [6, 6.07) is 3.81. The van der Waals surface area contributed by atoms with E-state index in [1.54, 1.807) is 6.92 Å². The molecule has 1 amide bonds. The first kappa shape index (κ1) is 13.4. The Labute approximate surface area is 123 Å². The maximum Gasteiger partial charge on any atom is 0.246 e. The standard InChI is InChI=1S/C12H11N5O3S/c1-7-14-9(16-19-7)5-10(18)13-6-11-15-12(17-20-11)8-3-2-4-21-8/h2-4H,5-6H2,1H3,(H,13,18). The van der Waals surface area contributed by atoms with Crippen molar-refractivity contribution in [1.82, 2.24) is 25.6 Å². The zero-order valence-corrected chi connectivity index (χ0v) is 11.9. The van der Waals surface area contributed by atoms with Crippen molar-refractivity contribution in [2.75, 3.05) is 0 Å². The van der Waals surface area contributed by atoms with Crippen LogP contribution in [-0.2, 0) is 17.8 Å². The van der Waals surface area contributed by atoms with Crippen LogP contribution in [0.15, 0.2) is 26.6 Å². The number of amides is 1. The average molecular weight is 305 g/mol. The molecule has 1 N–H and O–H groups in total. The number of carbonyl (C=O) groups is 1. The van der Waals surface area contributed by atoms with Gasteiger partial charge in [0, 0.05) is 6.92 Å². The molecule has 0 bridgehead atoms. The van der Waals surface area contributed by atoms with Gasteiger partial charge in [0.15, 0.2) is 5.82 Å². The zero-order valence-electron chi connectivity index (χ0n) is 11.1. The topological polar surface area (TPSA) is 107 Å². The van der Waals surface area contributed by atoms with E-state index in [1.165, 1.54) is 11.3 Å². The lowest BCUT2D eigenvalue weighted by Gasteiger charge is -1.98. The van der Waals surface area contributed by atoms with E-state index >= 15 is 0 Å². The van der Waals surface area contributed by atoms with Crippen LogP contribution in [0.2, 0.25) is 0 Å².